The number of halogens is 3. The largest absolute Gasteiger partial charge is 0.416 e. The van der Waals surface area contributed by atoms with Crippen LogP contribution in [0.15, 0.2) is 55.0 Å². The van der Waals surface area contributed by atoms with Crippen molar-refractivity contribution in [2.75, 3.05) is 11.4 Å². The molecule has 0 radical (unpaired) electrons. The number of hydrogen-bond acceptors (Lipinski definition) is 3. The number of anilines is 1. The van der Waals surface area contributed by atoms with E-state index < -0.39 is 11.7 Å². The van der Waals surface area contributed by atoms with Gasteiger partial charge in [0.05, 0.1) is 17.8 Å². The fourth-order valence-corrected chi connectivity index (χ4v) is 3.26. The van der Waals surface area contributed by atoms with Crippen molar-refractivity contribution in [2.24, 2.45) is 0 Å². The van der Waals surface area contributed by atoms with E-state index in [0.717, 1.165) is 17.7 Å². The van der Waals surface area contributed by atoms with Gasteiger partial charge in [0.25, 0.3) is 5.91 Å². The SMILES string of the molecule is C[C@H]1CN(c2ccc(C(F)(F)F)cc2)C(=O)c2c(-c3ccncc3)cnn21.S. The molecule has 1 aliphatic rings. The minimum absolute atomic E-state index is 0. The van der Waals surface area contributed by atoms with Crippen LogP contribution in [0.1, 0.15) is 29.0 Å². The predicted octanol–water partition coefficient (Wildman–Crippen LogP) is 4.30. The molecule has 1 atom stereocenters. The van der Waals surface area contributed by atoms with E-state index in [1.54, 1.807) is 35.4 Å². The van der Waals surface area contributed by atoms with Gasteiger partial charge in [0.1, 0.15) is 5.69 Å². The van der Waals surface area contributed by atoms with Crippen molar-refractivity contribution in [1.82, 2.24) is 14.8 Å². The molecule has 0 aliphatic carbocycles. The second-order valence-electron chi connectivity index (χ2n) is 6.40. The third-order valence-electron chi connectivity index (χ3n) is 4.61. The summed E-state index contributed by atoms with van der Waals surface area (Å²) in [5.41, 5.74) is 1.58. The molecular weight excluding hydrogens is 389 g/mol. The molecule has 1 amide bonds. The number of carbonyl (C=O) groups excluding carboxylic acids is 1. The van der Waals surface area contributed by atoms with Gasteiger partial charge in [-0.25, -0.2) is 0 Å². The lowest BCUT2D eigenvalue weighted by Gasteiger charge is -2.32. The molecule has 146 valence electrons. The van der Waals surface area contributed by atoms with E-state index in [9.17, 15) is 18.0 Å². The molecule has 0 unspecified atom stereocenters. The van der Waals surface area contributed by atoms with E-state index in [0.29, 0.717) is 23.5 Å². The van der Waals surface area contributed by atoms with Crippen LogP contribution in [-0.4, -0.2) is 27.2 Å². The molecule has 0 spiro atoms. The number of amides is 1. The van der Waals surface area contributed by atoms with Crippen molar-refractivity contribution in [3.63, 3.8) is 0 Å². The Morgan fingerprint density at radius 3 is 2.32 bits per heavy atom. The van der Waals surface area contributed by atoms with Crippen molar-refractivity contribution in [3.05, 3.63) is 66.2 Å². The molecule has 0 fully saturated rings. The maximum atomic E-state index is 13.1. The number of nitrogens with zero attached hydrogens (tertiary/aromatic N) is 4. The normalized spacial score (nSPS) is 16.5. The van der Waals surface area contributed by atoms with Gasteiger partial charge in [0.15, 0.2) is 0 Å². The number of carbonyl (C=O) groups is 1. The first-order chi connectivity index (χ1) is 12.9. The number of pyridine rings is 1. The summed E-state index contributed by atoms with van der Waals surface area (Å²) >= 11 is 0. The monoisotopic (exact) mass is 406 g/mol. The van der Waals surface area contributed by atoms with Crippen LogP contribution in [0.3, 0.4) is 0 Å². The predicted molar refractivity (Wildman–Crippen MR) is 104 cm³/mol. The van der Waals surface area contributed by atoms with Gasteiger partial charge in [0.2, 0.25) is 0 Å². The highest BCUT2D eigenvalue weighted by Gasteiger charge is 2.35. The van der Waals surface area contributed by atoms with Crippen LogP contribution in [0.4, 0.5) is 18.9 Å². The summed E-state index contributed by atoms with van der Waals surface area (Å²) in [5.74, 6) is -0.294. The zero-order valence-corrected chi connectivity index (χ0v) is 15.8. The summed E-state index contributed by atoms with van der Waals surface area (Å²) in [4.78, 5) is 18.6. The molecule has 0 saturated heterocycles. The highest BCUT2D eigenvalue weighted by Crippen LogP contribution is 2.34. The van der Waals surface area contributed by atoms with Crippen LogP contribution in [0.5, 0.6) is 0 Å². The minimum Gasteiger partial charge on any atom is -0.305 e. The van der Waals surface area contributed by atoms with E-state index in [-0.39, 0.29) is 25.4 Å². The van der Waals surface area contributed by atoms with Crippen LogP contribution >= 0.6 is 13.5 Å². The van der Waals surface area contributed by atoms with Crippen molar-refractivity contribution in [3.8, 4) is 11.1 Å². The topological polar surface area (TPSA) is 51.0 Å². The zero-order chi connectivity index (χ0) is 19.2. The molecule has 1 aromatic carbocycles. The quantitative estimate of drug-likeness (QED) is 0.638. The Kier molecular flexibility index (Phi) is 5.20. The van der Waals surface area contributed by atoms with E-state index >= 15 is 0 Å². The molecular formula is C19H17F3N4OS. The van der Waals surface area contributed by atoms with E-state index in [4.69, 9.17) is 0 Å². The molecule has 0 bridgehead atoms. The van der Waals surface area contributed by atoms with E-state index in [1.165, 1.54) is 17.0 Å². The summed E-state index contributed by atoms with van der Waals surface area (Å²) in [7, 11) is 0. The average molecular weight is 406 g/mol. The van der Waals surface area contributed by atoms with Gasteiger partial charge < -0.3 is 4.90 Å². The summed E-state index contributed by atoms with van der Waals surface area (Å²) in [6.07, 6.45) is 0.480. The maximum Gasteiger partial charge on any atom is 0.416 e. The first kappa shape index (κ1) is 19.9. The van der Waals surface area contributed by atoms with Crippen molar-refractivity contribution in [1.29, 1.82) is 0 Å². The van der Waals surface area contributed by atoms with Gasteiger partial charge in [-0.05, 0) is 48.9 Å². The smallest absolute Gasteiger partial charge is 0.305 e. The average Bonchev–Trinajstić information content (AvgIpc) is 3.11. The Morgan fingerprint density at radius 2 is 1.71 bits per heavy atom. The summed E-state index contributed by atoms with van der Waals surface area (Å²) in [6, 6.07) is 8.08. The third-order valence-corrected chi connectivity index (χ3v) is 4.61. The van der Waals surface area contributed by atoms with Gasteiger partial charge in [0, 0.05) is 30.2 Å². The molecule has 5 nitrogen and oxygen atoms in total. The van der Waals surface area contributed by atoms with Crippen LogP contribution in [0, 0.1) is 0 Å². The highest BCUT2D eigenvalue weighted by molar-refractivity contribution is 7.59. The molecule has 4 rings (SSSR count). The molecule has 0 saturated carbocycles. The first-order valence-corrected chi connectivity index (χ1v) is 8.33. The van der Waals surface area contributed by atoms with Crippen molar-refractivity contribution < 1.29 is 18.0 Å². The second kappa shape index (κ2) is 7.31. The lowest BCUT2D eigenvalue weighted by molar-refractivity contribution is -0.137. The number of rotatable bonds is 2. The second-order valence-corrected chi connectivity index (χ2v) is 6.40. The number of hydrogen-bond donors (Lipinski definition) is 0. The Hall–Kier alpha value is -2.81. The number of alkyl halides is 3. The van der Waals surface area contributed by atoms with Gasteiger partial charge >= 0.3 is 6.18 Å². The molecule has 1 aliphatic heterocycles. The van der Waals surface area contributed by atoms with Crippen molar-refractivity contribution >= 4 is 25.1 Å². The lowest BCUT2D eigenvalue weighted by atomic mass is 10.0. The summed E-state index contributed by atoms with van der Waals surface area (Å²) in [5, 5.41) is 4.34. The van der Waals surface area contributed by atoms with Gasteiger partial charge in [-0.3, -0.25) is 14.5 Å². The Balaban J connectivity index is 0.00000225. The van der Waals surface area contributed by atoms with Gasteiger partial charge in [-0.1, -0.05) is 0 Å². The number of aromatic nitrogens is 3. The molecule has 3 heterocycles. The molecule has 2 aromatic heterocycles. The number of fused-ring (bicyclic) bond motifs is 1. The van der Waals surface area contributed by atoms with Crippen LogP contribution in [0.25, 0.3) is 11.1 Å². The summed E-state index contributed by atoms with van der Waals surface area (Å²) in [6.45, 7) is 2.24. The number of benzene rings is 1. The molecule has 0 N–H and O–H groups in total. The summed E-state index contributed by atoms with van der Waals surface area (Å²) < 4.78 is 40.1. The van der Waals surface area contributed by atoms with Crippen LogP contribution in [-0.2, 0) is 6.18 Å². The van der Waals surface area contributed by atoms with Gasteiger partial charge in [-0.15, -0.1) is 0 Å². The van der Waals surface area contributed by atoms with Crippen molar-refractivity contribution in [2.45, 2.75) is 19.1 Å². The third kappa shape index (κ3) is 3.37. The molecule has 28 heavy (non-hydrogen) atoms. The van der Waals surface area contributed by atoms with E-state index in [1.807, 2.05) is 6.92 Å². The molecule has 9 heteroatoms. The van der Waals surface area contributed by atoms with Crippen LogP contribution < -0.4 is 4.90 Å². The maximum absolute atomic E-state index is 13.1. The lowest BCUT2D eigenvalue weighted by Crippen LogP contribution is -2.42. The fraction of sp³-hybridized carbons (Fsp3) is 0.211. The Labute approximate surface area is 166 Å². The Morgan fingerprint density at radius 1 is 1.07 bits per heavy atom. The minimum atomic E-state index is -4.41. The van der Waals surface area contributed by atoms with Gasteiger partial charge in [-0.2, -0.15) is 31.8 Å². The zero-order valence-electron chi connectivity index (χ0n) is 14.8. The standard InChI is InChI=1S/C19H15F3N4O.H2S/c1-12-11-25(15-4-2-14(3-5-15)19(20,21)22)18(27)17-16(10-24-26(12)17)13-6-8-23-9-7-13;/h2-10,12H,11H2,1H3;1H2/t12-;/m0./s1. The van der Waals surface area contributed by atoms with E-state index in [2.05, 4.69) is 10.1 Å². The highest BCUT2D eigenvalue weighted by atomic mass is 32.1. The Bertz CT molecular complexity index is 987. The first-order valence-electron chi connectivity index (χ1n) is 8.33. The molecule has 3 aromatic rings. The van der Waals surface area contributed by atoms with Crippen LogP contribution in [0.2, 0.25) is 0 Å². The fourth-order valence-electron chi connectivity index (χ4n) is 3.26.